The van der Waals surface area contributed by atoms with Crippen molar-refractivity contribution in [2.75, 3.05) is 6.54 Å². The normalized spacial score (nSPS) is 17.6. The number of amides is 2. The van der Waals surface area contributed by atoms with E-state index in [-0.39, 0.29) is 29.2 Å². The molecule has 2 atom stereocenters. The Hall–Kier alpha value is -4.78. The minimum Gasteiger partial charge on any atom is -0.478 e. The summed E-state index contributed by atoms with van der Waals surface area (Å²) in [5.74, 6) is -0.846. The highest BCUT2D eigenvalue weighted by Gasteiger charge is 2.43. The zero-order valence-electron chi connectivity index (χ0n) is 21.9. The van der Waals surface area contributed by atoms with Gasteiger partial charge in [-0.1, -0.05) is 60.7 Å². The van der Waals surface area contributed by atoms with Gasteiger partial charge in [-0.3, -0.25) is 14.6 Å². The maximum atomic E-state index is 13.3. The van der Waals surface area contributed by atoms with Crippen molar-refractivity contribution in [1.82, 2.24) is 15.2 Å². The van der Waals surface area contributed by atoms with Crippen molar-refractivity contribution in [3.8, 4) is 11.1 Å². The predicted octanol–water partition coefficient (Wildman–Crippen LogP) is 5.07. The molecule has 2 N–H and O–H groups in total. The minimum absolute atomic E-state index is 0.0292. The predicted molar refractivity (Wildman–Crippen MR) is 151 cm³/mol. The van der Waals surface area contributed by atoms with E-state index in [0.717, 1.165) is 34.2 Å². The molecule has 2 amide bonds. The van der Waals surface area contributed by atoms with Crippen LogP contribution in [0.25, 0.3) is 11.1 Å². The molecule has 1 saturated carbocycles. The molecule has 0 unspecified atom stereocenters. The molecule has 7 heteroatoms. The third-order valence-corrected chi connectivity index (χ3v) is 7.91. The number of carbonyl (C=O) groups is 3. The fourth-order valence-corrected chi connectivity index (χ4v) is 5.69. The molecule has 2 heterocycles. The molecule has 0 saturated heterocycles. The van der Waals surface area contributed by atoms with E-state index >= 15 is 0 Å². The van der Waals surface area contributed by atoms with Gasteiger partial charge >= 0.3 is 5.97 Å². The second-order valence-electron chi connectivity index (χ2n) is 10.4. The molecule has 40 heavy (non-hydrogen) atoms. The summed E-state index contributed by atoms with van der Waals surface area (Å²) in [5, 5.41) is 12.7. The molecule has 1 aliphatic heterocycles. The lowest BCUT2D eigenvalue weighted by Crippen LogP contribution is -2.37. The first kappa shape index (κ1) is 25.5. The average molecular weight is 532 g/mol. The van der Waals surface area contributed by atoms with Crippen LogP contribution >= 0.6 is 0 Å². The molecule has 6 rings (SSSR count). The number of hydrogen-bond donors (Lipinski definition) is 2. The molecule has 3 aromatic carbocycles. The Morgan fingerprint density at radius 1 is 0.925 bits per heavy atom. The van der Waals surface area contributed by atoms with E-state index in [2.05, 4.69) is 22.4 Å². The summed E-state index contributed by atoms with van der Waals surface area (Å²) >= 11 is 0. The summed E-state index contributed by atoms with van der Waals surface area (Å²) in [6, 6.07) is 26.3. The fourth-order valence-electron chi connectivity index (χ4n) is 5.69. The van der Waals surface area contributed by atoms with Crippen LogP contribution in [0.4, 0.5) is 0 Å². The highest BCUT2D eigenvalue weighted by atomic mass is 16.4. The summed E-state index contributed by atoms with van der Waals surface area (Å²) in [6.45, 7) is 1.27. The topological polar surface area (TPSA) is 99.6 Å². The first-order valence-electron chi connectivity index (χ1n) is 13.5. The Balaban J connectivity index is 1.28. The van der Waals surface area contributed by atoms with Gasteiger partial charge in [0.15, 0.2) is 0 Å². The Morgan fingerprint density at radius 3 is 2.52 bits per heavy atom. The van der Waals surface area contributed by atoms with Crippen LogP contribution in [0.15, 0.2) is 91.1 Å². The van der Waals surface area contributed by atoms with E-state index in [0.29, 0.717) is 31.7 Å². The second-order valence-corrected chi connectivity index (χ2v) is 10.4. The minimum atomic E-state index is -0.976. The lowest BCUT2D eigenvalue weighted by atomic mass is 9.87. The largest absolute Gasteiger partial charge is 0.478 e. The monoisotopic (exact) mass is 531 g/mol. The number of carbonyl (C=O) groups excluding carboxylic acids is 2. The number of aromatic carboxylic acids is 1. The number of nitrogens with one attached hydrogen (secondary N) is 1. The van der Waals surface area contributed by atoms with Gasteiger partial charge in [0.25, 0.3) is 5.91 Å². The van der Waals surface area contributed by atoms with Gasteiger partial charge in [-0.15, -0.1) is 0 Å². The molecular weight excluding hydrogens is 502 g/mol. The van der Waals surface area contributed by atoms with Gasteiger partial charge in [0.2, 0.25) is 5.91 Å². The Kier molecular flexibility index (Phi) is 6.86. The maximum absolute atomic E-state index is 13.3. The molecule has 4 aromatic rings. The van der Waals surface area contributed by atoms with Crippen molar-refractivity contribution in [1.29, 1.82) is 0 Å². The summed E-state index contributed by atoms with van der Waals surface area (Å²) in [7, 11) is 0. The number of aromatic nitrogens is 1. The third kappa shape index (κ3) is 5.10. The van der Waals surface area contributed by atoms with Gasteiger partial charge in [-0.25, -0.2) is 4.79 Å². The standard InChI is InChI=1S/C33H29N3O4/c37-31(28-18-27(28)21-7-2-1-3-8-21)35-19-24-12-13-25(22-9-6-10-23(17-22)33(39)40)26-14-16-36(20-29(24)26)32(38)30-11-4-5-15-34-30/h1-13,15,17,27-28H,14,16,18-20H2,(H,35,37)(H,39,40)/t27-,28-/m0/s1. The molecular formula is C33H29N3O4. The average Bonchev–Trinajstić information content (AvgIpc) is 3.81. The van der Waals surface area contributed by atoms with E-state index in [1.807, 2.05) is 36.4 Å². The van der Waals surface area contributed by atoms with Crippen LogP contribution in [0.3, 0.4) is 0 Å². The van der Waals surface area contributed by atoms with Gasteiger partial charge in [0.1, 0.15) is 5.69 Å². The number of hydrogen-bond acceptors (Lipinski definition) is 4. The number of nitrogens with zero attached hydrogens (tertiary/aromatic N) is 2. The van der Waals surface area contributed by atoms with Crippen LogP contribution in [0.5, 0.6) is 0 Å². The Bertz CT molecular complexity index is 1590. The van der Waals surface area contributed by atoms with Crippen LogP contribution in [0.1, 0.15) is 55.4 Å². The quantitative estimate of drug-likeness (QED) is 0.347. The number of pyridine rings is 1. The van der Waals surface area contributed by atoms with Gasteiger partial charge in [-0.2, -0.15) is 0 Å². The number of rotatable bonds is 7. The van der Waals surface area contributed by atoms with Gasteiger partial charge < -0.3 is 15.3 Å². The van der Waals surface area contributed by atoms with Crippen LogP contribution < -0.4 is 5.32 Å². The van der Waals surface area contributed by atoms with Crippen molar-refractivity contribution in [2.45, 2.75) is 31.8 Å². The van der Waals surface area contributed by atoms with Crippen molar-refractivity contribution in [3.05, 3.63) is 125 Å². The van der Waals surface area contributed by atoms with Crippen molar-refractivity contribution < 1.29 is 19.5 Å². The molecule has 0 radical (unpaired) electrons. The molecule has 1 aromatic heterocycles. The molecule has 0 bridgehead atoms. The first-order valence-corrected chi connectivity index (χ1v) is 13.5. The fraction of sp³-hybridized carbons (Fsp3) is 0.212. The van der Waals surface area contributed by atoms with Crippen molar-refractivity contribution in [3.63, 3.8) is 0 Å². The molecule has 1 aliphatic carbocycles. The van der Waals surface area contributed by atoms with Crippen LogP contribution in [-0.2, 0) is 24.3 Å². The van der Waals surface area contributed by atoms with E-state index in [9.17, 15) is 19.5 Å². The number of carboxylic acids is 1. The van der Waals surface area contributed by atoms with E-state index in [1.165, 1.54) is 5.56 Å². The second kappa shape index (κ2) is 10.8. The highest BCUT2D eigenvalue weighted by Crippen LogP contribution is 2.47. The summed E-state index contributed by atoms with van der Waals surface area (Å²) < 4.78 is 0. The Morgan fingerprint density at radius 2 is 1.75 bits per heavy atom. The zero-order chi connectivity index (χ0) is 27.6. The molecule has 2 aliphatic rings. The molecule has 200 valence electrons. The third-order valence-electron chi connectivity index (χ3n) is 7.91. The first-order chi connectivity index (χ1) is 19.5. The summed E-state index contributed by atoms with van der Waals surface area (Å²) in [5.41, 5.74) is 6.60. The summed E-state index contributed by atoms with van der Waals surface area (Å²) in [4.78, 5) is 43.9. The van der Waals surface area contributed by atoms with E-state index in [1.54, 1.807) is 47.5 Å². The van der Waals surface area contributed by atoms with Crippen molar-refractivity contribution >= 4 is 17.8 Å². The van der Waals surface area contributed by atoms with Gasteiger partial charge in [0, 0.05) is 31.7 Å². The Labute approximate surface area is 232 Å². The number of fused-ring (bicyclic) bond motifs is 1. The zero-order valence-corrected chi connectivity index (χ0v) is 21.9. The van der Waals surface area contributed by atoms with E-state index in [4.69, 9.17) is 0 Å². The highest BCUT2D eigenvalue weighted by molar-refractivity contribution is 5.93. The van der Waals surface area contributed by atoms with Crippen molar-refractivity contribution in [2.24, 2.45) is 5.92 Å². The van der Waals surface area contributed by atoms with E-state index < -0.39 is 5.97 Å². The molecule has 1 fully saturated rings. The van der Waals surface area contributed by atoms with Crippen LogP contribution in [-0.4, -0.2) is 39.3 Å². The summed E-state index contributed by atoms with van der Waals surface area (Å²) in [6.07, 6.45) is 3.07. The number of benzene rings is 3. The van der Waals surface area contributed by atoms with Crippen LogP contribution in [0, 0.1) is 5.92 Å². The molecule has 7 nitrogen and oxygen atoms in total. The smallest absolute Gasteiger partial charge is 0.335 e. The maximum Gasteiger partial charge on any atom is 0.335 e. The lowest BCUT2D eigenvalue weighted by molar-refractivity contribution is -0.122. The van der Waals surface area contributed by atoms with Gasteiger partial charge in [0.05, 0.1) is 5.56 Å². The lowest BCUT2D eigenvalue weighted by Gasteiger charge is -2.32. The van der Waals surface area contributed by atoms with Crippen LogP contribution in [0.2, 0.25) is 0 Å². The molecule has 0 spiro atoms. The SMILES string of the molecule is O=C(O)c1cccc(-c2ccc(CNC(=O)[C@H]3C[C@H]3c3ccccc3)c3c2CCN(C(=O)c2ccccn2)C3)c1. The van der Waals surface area contributed by atoms with Gasteiger partial charge in [-0.05, 0) is 76.4 Å². The number of carboxylic acid groups (broad SMARTS) is 1.